The fraction of sp³-hybridized carbons (Fsp3) is 0.846. The number of rotatable bonds is 11. The van der Waals surface area contributed by atoms with Gasteiger partial charge in [0.2, 0.25) is 0 Å². The Morgan fingerprint density at radius 2 is 2.05 bits per heavy atom. The maximum atomic E-state index is 5.48. The lowest BCUT2D eigenvalue weighted by Crippen LogP contribution is -2.12. The van der Waals surface area contributed by atoms with E-state index in [1.165, 1.54) is 0 Å². The molecule has 0 bridgehead atoms. The summed E-state index contributed by atoms with van der Waals surface area (Å²) in [5.74, 6) is 0.574. The van der Waals surface area contributed by atoms with E-state index in [2.05, 4.69) is 36.4 Å². The molecule has 1 aromatic heterocycles. The molecule has 1 heterocycles. The number of hydrogen-bond donors (Lipinski definition) is 1. The molecule has 19 heavy (non-hydrogen) atoms. The van der Waals surface area contributed by atoms with Crippen LogP contribution in [-0.4, -0.2) is 48.0 Å². The zero-order valence-electron chi connectivity index (χ0n) is 12.3. The minimum absolute atomic E-state index is 0.574. The van der Waals surface area contributed by atoms with Crippen LogP contribution in [0.25, 0.3) is 0 Å². The number of nitrogens with one attached hydrogen (secondary N) is 1. The highest BCUT2D eigenvalue weighted by Crippen LogP contribution is 1.94. The molecule has 1 rings (SSSR count). The first-order valence-electron chi connectivity index (χ1n) is 6.97. The normalized spacial score (nSPS) is 11.4. The number of ether oxygens (including phenoxy) is 2. The Bertz CT molecular complexity index is 328. The number of hydrogen-bond acceptors (Lipinski definition) is 5. The molecule has 0 spiro atoms. The summed E-state index contributed by atoms with van der Waals surface area (Å²) in [6.07, 6.45) is 1.95. The monoisotopic (exact) mass is 270 g/mol. The summed E-state index contributed by atoms with van der Waals surface area (Å²) in [6.45, 7) is 11.5. The third-order valence-corrected chi connectivity index (χ3v) is 2.43. The summed E-state index contributed by atoms with van der Waals surface area (Å²) < 4.78 is 12.7. The lowest BCUT2D eigenvalue weighted by Gasteiger charge is -2.07. The molecule has 0 saturated heterocycles. The van der Waals surface area contributed by atoms with Crippen LogP contribution >= 0.6 is 0 Å². The van der Waals surface area contributed by atoms with Crippen LogP contribution in [0.1, 0.15) is 26.5 Å². The largest absolute Gasteiger partial charge is 0.379 e. The van der Waals surface area contributed by atoms with E-state index < -0.39 is 0 Å². The molecule has 0 atom stereocenters. The van der Waals surface area contributed by atoms with E-state index in [1.807, 2.05) is 10.9 Å². The Labute approximate surface area is 115 Å². The van der Waals surface area contributed by atoms with Gasteiger partial charge in [0, 0.05) is 19.3 Å². The summed E-state index contributed by atoms with van der Waals surface area (Å²) in [4.78, 5) is 0. The second-order valence-electron chi connectivity index (χ2n) is 4.83. The molecule has 0 radical (unpaired) electrons. The zero-order chi connectivity index (χ0) is 13.9. The van der Waals surface area contributed by atoms with E-state index in [4.69, 9.17) is 9.47 Å². The van der Waals surface area contributed by atoms with Crippen molar-refractivity contribution in [1.82, 2.24) is 20.3 Å². The van der Waals surface area contributed by atoms with Crippen LogP contribution in [0, 0.1) is 5.92 Å². The first-order chi connectivity index (χ1) is 9.22. The molecule has 6 heteroatoms. The van der Waals surface area contributed by atoms with Crippen molar-refractivity contribution in [3.05, 3.63) is 11.9 Å². The summed E-state index contributed by atoms with van der Waals surface area (Å²) >= 11 is 0. The van der Waals surface area contributed by atoms with Gasteiger partial charge in [-0.25, -0.2) is 4.68 Å². The van der Waals surface area contributed by atoms with Crippen molar-refractivity contribution < 1.29 is 9.47 Å². The fourth-order valence-corrected chi connectivity index (χ4v) is 1.48. The van der Waals surface area contributed by atoms with E-state index in [-0.39, 0.29) is 0 Å². The first kappa shape index (κ1) is 16.1. The van der Waals surface area contributed by atoms with Crippen LogP contribution < -0.4 is 5.32 Å². The maximum absolute atomic E-state index is 5.48. The van der Waals surface area contributed by atoms with Gasteiger partial charge in [-0.05, 0) is 12.5 Å². The van der Waals surface area contributed by atoms with Gasteiger partial charge in [-0.15, -0.1) is 5.10 Å². The maximum Gasteiger partial charge on any atom is 0.0964 e. The molecular formula is C13H26N4O2. The lowest BCUT2D eigenvalue weighted by atomic mass is 10.2. The Morgan fingerprint density at radius 3 is 2.79 bits per heavy atom. The Kier molecular flexibility index (Phi) is 8.36. The summed E-state index contributed by atoms with van der Waals surface area (Å²) in [7, 11) is 0. The first-order valence-corrected chi connectivity index (χ1v) is 6.97. The molecule has 110 valence electrons. The zero-order valence-corrected chi connectivity index (χ0v) is 12.3. The van der Waals surface area contributed by atoms with Gasteiger partial charge >= 0.3 is 0 Å². The third-order valence-electron chi connectivity index (χ3n) is 2.43. The molecule has 0 aromatic carbocycles. The second-order valence-corrected chi connectivity index (χ2v) is 4.83. The van der Waals surface area contributed by atoms with Gasteiger partial charge in [0.05, 0.1) is 32.1 Å². The smallest absolute Gasteiger partial charge is 0.0964 e. The van der Waals surface area contributed by atoms with Gasteiger partial charge in [-0.1, -0.05) is 26.0 Å². The van der Waals surface area contributed by atoms with Crippen LogP contribution in [0.15, 0.2) is 6.20 Å². The van der Waals surface area contributed by atoms with Gasteiger partial charge < -0.3 is 14.8 Å². The van der Waals surface area contributed by atoms with Gasteiger partial charge in [-0.3, -0.25) is 0 Å². The van der Waals surface area contributed by atoms with Crippen LogP contribution in [-0.2, 0) is 22.6 Å². The predicted octanol–water partition coefficient (Wildman–Crippen LogP) is 1.08. The van der Waals surface area contributed by atoms with Crippen molar-refractivity contribution in [2.75, 3.05) is 33.0 Å². The average molecular weight is 270 g/mol. The standard InChI is InChI=1S/C13H26N4O2/c1-4-14-9-13-10-17(16-15-13)5-6-18-7-8-19-11-12(2)3/h10,12,14H,4-9,11H2,1-3H3. The van der Waals surface area contributed by atoms with Gasteiger partial charge in [-0.2, -0.15) is 0 Å². The molecule has 1 N–H and O–H groups in total. The molecular weight excluding hydrogens is 244 g/mol. The SMILES string of the molecule is CCNCc1cn(CCOCCOCC(C)C)nn1. The third kappa shape index (κ3) is 7.92. The summed E-state index contributed by atoms with van der Waals surface area (Å²) in [5, 5.41) is 11.3. The average Bonchev–Trinajstić information content (AvgIpc) is 2.83. The van der Waals surface area contributed by atoms with Crippen LogP contribution in [0.4, 0.5) is 0 Å². The molecule has 6 nitrogen and oxygen atoms in total. The molecule has 0 unspecified atom stereocenters. The highest BCUT2D eigenvalue weighted by atomic mass is 16.5. The molecule has 0 amide bonds. The number of nitrogens with zero attached hydrogens (tertiary/aromatic N) is 3. The van der Waals surface area contributed by atoms with Gasteiger partial charge in [0.1, 0.15) is 0 Å². The van der Waals surface area contributed by atoms with Crippen molar-refractivity contribution in [3.63, 3.8) is 0 Å². The van der Waals surface area contributed by atoms with E-state index >= 15 is 0 Å². The minimum atomic E-state index is 0.574. The van der Waals surface area contributed by atoms with Crippen molar-refractivity contribution in [2.45, 2.75) is 33.9 Å². The lowest BCUT2D eigenvalue weighted by molar-refractivity contribution is 0.0345. The van der Waals surface area contributed by atoms with E-state index in [1.54, 1.807) is 0 Å². The van der Waals surface area contributed by atoms with Crippen LogP contribution in [0.3, 0.4) is 0 Å². The van der Waals surface area contributed by atoms with Gasteiger partial charge in [0.15, 0.2) is 0 Å². The minimum Gasteiger partial charge on any atom is -0.379 e. The van der Waals surface area contributed by atoms with Crippen LogP contribution in [0.2, 0.25) is 0 Å². The number of aromatic nitrogens is 3. The molecule has 0 fully saturated rings. The Hall–Kier alpha value is -0.980. The van der Waals surface area contributed by atoms with Crippen molar-refractivity contribution in [2.24, 2.45) is 5.92 Å². The van der Waals surface area contributed by atoms with Crippen molar-refractivity contribution in [1.29, 1.82) is 0 Å². The van der Waals surface area contributed by atoms with Crippen molar-refractivity contribution in [3.8, 4) is 0 Å². The van der Waals surface area contributed by atoms with E-state index in [0.717, 1.165) is 31.9 Å². The Morgan fingerprint density at radius 1 is 1.26 bits per heavy atom. The Balaban J connectivity index is 2.01. The summed E-state index contributed by atoms with van der Waals surface area (Å²) in [5.41, 5.74) is 0.960. The molecule has 0 saturated carbocycles. The van der Waals surface area contributed by atoms with Gasteiger partial charge in [0.25, 0.3) is 0 Å². The molecule has 0 aliphatic heterocycles. The quantitative estimate of drug-likeness (QED) is 0.610. The topological polar surface area (TPSA) is 61.2 Å². The summed E-state index contributed by atoms with van der Waals surface area (Å²) in [6, 6.07) is 0. The van der Waals surface area contributed by atoms with Crippen LogP contribution in [0.5, 0.6) is 0 Å². The van der Waals surface area contributed by atoms with E-state index in [9.17, 15) is 0 Å². The predicted molar refractivity (Wildman–Crippen MR) is 73.9 cm³/mol. The van der Waals surface area contributed by atoms with Crippen molar-refractivity contribution >= 4 is 0 Å². The second kappa shape index (κ2) is 9.89. The van der Waals surface area contributed by atoms with E-state index in [0.29, 0.717) is 25.7 Å². The molecule has 0 aliphatic carbocycles. The highest BCUT2D eigenvalue weighted by molar-refractivity contribution is 4.91. The highest BCUT2D eigenvalue weighted by Gasteiger charge is 2.00. The fourth-order valence-electron chi connectivity index (χ4n) is 1.48. The molecule has 0 aliphatic rings. The molecule has 1 aromatic rings.